The number of carbonyl (C=O) groups excluding carboxylic acids is 1. The van der Waals surface area contributed by atoms with Gasteiger partial charge in [-0.2, -0.15) is 4.98 Å². The van der Waals surface area contributed by atoms with Crippen LogP contribution in [-0.4, -0.2) is 72.2 Å². The standard InChI is InChI=1S/C17H31N5O3/c1-13(2)12-24-14(3)17-19-15(25-20-17)11-21(4)8-5-16(23)22-9-6-18-7-10-22/h13-14,18H,5-12H2,1-4H3. The fourth-order valence-corrected chi connectivity index (χ4v) is 2.58. The molecule has 0 radical (unpaired) electrons. The number of amides is 1. The van der Waals surface area contributed by atoms with E-state index in [1.165, 1.54) is 0 Å². The van der Waals surface area contributed by atoms with Crippen molar-refractivity contribution in [2.45, 2.75) is 39.8 Å². The normalized spacial score (nSPS) is 16.6. The lowest BCUT2D eigenvalue weighted by Crippen LogP contribution is -2.47. The molecule has 8 nitrogen and oxygen atoms in total. The summed E-state index contributed by atoms with van der Waals surface area (Å²) in [6.07, 6.45) is 0.324. The van der Waals surface area contributed by atoms with Gasteiger partial charge in [-0.25, -0.2) is 0 Å². The predicted molar refractivity (Wildman–Crippen MR) is 93.9 cm³/mol. The molecule has 0 aliphatic carbocycles. The molecule has 25 heavy (non-hydrogen) atoms. The average Bonchev–Trinajstić information content (AvgIpc) is 3.06. The van der Waals surface area contributed by atoms with Crippen LogP contribution in [0.25, 0.3) is 0 Å². The van der Waals surface area contributed by atoms with Crippen molar-refractivity contribution in [3.8, 4) is 0 Å². The first-order valence-electron chi connectivity index (χ1n) is 9.06. The second-order valence-electron chi connectivity index (χ2n) is 7.03. The monoisotopic (exact) mass is 353 g/mol. The minimum atomic E-state index is -0.181. The van der Waals surface area contributed by atoms with Crippen LogP contribution in [0, 0.1) is 5.92 Å². The highest BCUT2D eigenvalue weighted by molar-refractivity contribution is 5.76. The number of hydrogen-bond acceptors (Lipinski definition) is 7. The van der Waals surface area contributed by atoms with E-state index in [1.807, 2.05) is 23.8 Å². The Bertz CT molecular complexity index is 528. The van der Waals surface area contributed by atoms with Gasteiger partial charge in [0.15, 0.2) is 5.82 Å². The Balaban J connectivity index is 1.73. The maximum absolute atomic E-state index is 12.2. The van der Waals surface area contributed by atoms with Gasteiger partial charge in [0.1, 0.15) is 6.10 Å². The molecule has 0 aromatic carbocycles. The Morgan fingerprint density at radius 1 is 1.36 bits per heavy atom. The molecule has 2 rings (SSSR count). The minimum Gasteiger partial charge on any atom is -0.370 e. The van der Waals surface area contributed by atoms with Crippen molar-refractivity contribution in [2.24, 2.45) is 5.92 Å². The average molecular weight is 353 g/mol. The highest BCUT2D eigenvalue weighted by atomic mass is 16.5. The SMILES string of the molecule is CC(C)COC(C)c1noc(CN(C)CCC(=O)N2CCNCC2)n1. The van der Waals surface area contributed by atoms with E-state index in [0.717, 1.165) is 26.2 Å². The molecule has 1 amide bonds. The summed E-state index contributed by atoms with van der Waals surface area (Å²) in [6.45, 7) is 11.3. The molecule has 142 valence electrons. The van der Waals surface area contributed by atoms with Crippen molar-refractivity contribution in [1.29, 1.82) is 0 Å². The molecular formula is C17H31N5O3. The summed E-state index contributed by atoms with van der Waals surface area (Å²) in [5.41, 5.74) is 0. The molecule has 2 heterocycles. The van der Waals surface area contributed by atoms with Crippen LogP contribution in [-0.2, 0) is 16.1 Å². The number of ether oxygens (including phenoxy) is 1. The third-order valence-electron chi connectivity index (χ3n) is 4.11. The topological polar surface area (TPSA) is 83.7 Å². The summed E-state index contributed by atoms with van der Waals surface area (Å²) < 4.78 is 11.0. The fraction of sp³-hybridized carbons (Fsp3) is 0.824. The van der Waals surface area contributed by atoms with Crippen LogP contribution in [0.3, 0.4) is 0 Å². The van der Waals surface area contributed by atoms with Gasteiger partial charge in [0.25, 0.3) is 0 Å². The Hall–Kier alpha value is -1.51. The minimum absolute atomic E-state index is 0.181. The summed E-state index contributed by atoms with van der Waals surface area (Å²) >= 11 is 0. The maximum atomic E-state index is 12.2. The first-order chi connectivity index (χ1) is 12.0. The van der Waals surface area contributed by atoms with Gasteiger partial charge in [-0.3, -0.25) is 9.69 Å². The lowest BCUT2D eigenvalue weighted by molar-refractivity contribution is -0.132. The van der Waals surface area contributed by atoms with Crippen molar-refractivity contribution in [3.05, 3.63) is 11.7 Å². The molecule has 1 aliphatic heterocycles. The molecule has 1 atom stereocenters. The second kappa shape index (κ2) is 9.84. The van der Waals surface area contributed by atoms with Crippen molar-refractivity contribution >= 4 is 5.91 Å². The zero-order valence-electron chi connectivity index (χ0n) is 15.8. The van der Waals surface area contributed by atoms with E-state index in [2.05, 4.69) is 29.3 Å². The van der Waals surface area contributed by atoms with E-state index in [4.69, 9.17) is 9.26 Å². The van der Waals surface area contributed by atoms with Crippen LogP contribution < -0.4 is 5.32 Å². The van der Waals surface area contributed by atoms with Gasteiger partial charge in [0.05, 0.1) is 6.54 Å². The number of rotatable bonds is 9. The van der Waals surface area contributed by atoms with Crippen LogP contribution in [0.1, 0.15) is 45.0 Å². The molecule has 0 spiro atoms. The van der Waals surface area contributed by atoms with Gasteiger partial charge in [0, 0.05) is 45.8 Å². The molecule has 0 bridgehead atoms. The van der Waals surface area contributed by atoms with Crippen molar-refractivity contribution in [2.75, 3.05) is 46.4 Å². The van der Waals surface area contributed by atoms with E-state index >= 15 is 0 Å². The Labute approximate surface area is 149 Å². The molecule has 1 aromatic heterocycles. The highest BCUT2D eigenvalue weighted by Crippen LogP contribution is 2.15. The van der Waals surface area contributed by atoms with Crippen LogP contribution in [0.4, 0.5) is 0 Å². The van der Waals surface area contributed by atoms with Crippen LogP contribution >= 0.6 is 0 Å². The second-order valence-corrected chi connectivity index (χ2v) is 7.03. The van der Waals surface area contributed by atoms with Gasteiger partial charge < -0.3 is 19.5 Å². The van der Waals surface area contributed by atoms with Gasteiger partial charge in [0.2, 0.25) is 11.8 Å². The lowest BCUT2D eigenvalue weighted by Gasteiger charge is -2.28. The molecule has 0 saturated carbocycles. The smallest absolute Gasteiger partial charge is 0.240 e. The zero-order valence-corrected chi connectivity index (χ0v) is 15.8. The van der Waals surface area contributed by atoms with Crippen LogP contribution in [0.2, 0.25) is 0 Å². The number of aromatic nitrogens is 2. The first kappa shape index (κ1) is 19.8. The molecule has 8 heteroatoms. The molecule has 1 N–H and O–H groups in total. The Morgan fingerprint density at radius 2 is 2.08 bits per heavy atom. The van der Waals surface area contributed by atoms with E-state index < -0.39 is 0 Å². The quantitative estimate of drug-likeness (QED) is 0.710. The molecular weight excluding hydrogens is 322 g/mol. The predicted octanol–water partition coefficient (Wildman–Crippen LogP) is 1.06. The number of nitrogens with one attached hydrogen (secondary N) is 1. The Morgan fingerprint density at radius 3 is 2.76 bits per heavy atom. The molecule has 1 saturated heterocycles. The van der Waals surface area contributed by atoms with Crippen LogP contribution in [0.15, 0.2) is 4.52 Å². The van der Waals surface area contributed by atoms with Gasteiger partial charge in [-0.15, -0.1) is 0 Å². The number of nitrogens with zero attached hydrogens (tertiary/aromatic N) is 4. The third kappa shape index (κ3) is 6.72. The number of hydrogen-bond donors (Lipinski definition) is 1. The summed E-state index contributed by atoms with van der Waals surface area (Å²) in [5, 5.41) is 7.25. The molecule has 1 unspecified atom stereocenters. The summed E-state index contributed by atoms with van der Waals surface area (Å²) in [6, 6.07) is 0. The largest absolute Gasteiger partial charge is 0.370 e. The highest BCUT2D eigenvalue weighted by Gasteiger charge is 2.18. The third-order valence-corrected chi connectivity index (χ3v) is 4.11. The van der Waals surface area contributed by atoms with Gasteiger partial charge in [-0.1, -0.05) is 19.0 Å². The van der Waals surface area contributed by atoms with Crippen molar-refractivity contribution in [3.63, 3.8) is 0 Å². The van der Waals surface area contributed by atoms with E-state index in [0.29, 0.717) is 43.8 Å². The zero-order chi connectivity index (χ0) is 18.2. The van der Waals surface area contributed by atoms with E-state index in [9.17, 15) is 4.79 Å². The lowest BCUT2D eigenvalue weighted by atomic mass is 10.2. The molecule has 1 aromatic rings. The maximum Gasteiger partial charge on any atom is 0.240 e. The number of carbonyl (C=O) groups is 1. The molecule has 1 fully saturated rings. The van der Waals surface area contributed by atoms with Gasteiger partial charge in [-0.05, 0) is 19.9 Å². The van der Waals surface area contributed by atoms with Crippen LogP contribution in [0.5, 0.6) is 0 Å². The first-order valence-corrected chi connectivity index (χ1v) is 9.06. The van der Waals surface area contributed by atoms with Gasteiger partial charge >= 0.3 is 0 Å². The summed E-state index contributed by atoms with van der Waals surface area (Å²) in [7, 11) is 1.95. The van der Waals surface area contributed by atoms with Crippen molar-refractivity contribution < 1.29 is 14.1 Å². The Kier molecular flexibility index (Phi) is 7.80. The van der Waals surface area contributed by atoms with E-state index in [-0.39, 0.29) is 12.0 Å². The summed E-state index contributed by atoms with van der Waals surface area (Å²) in [5.74, 6) is 1.79. The number of piperazine rings is 1. The summed E-state index contributed by atoms with van der Waals surface area (Å²) in [4.78, 5) is 20.5. The fourth-order valence-electron chi connectivity index (χ4n) is 2.58. The molecule has 1 aliphatic rings. The van der Waals surface area contributed by atoms with Crippen molar-refractivity contribution in [1.82, 2.24) is 25.3 Å². The van der Waals surface area contributed by atoms with E-state index in [1.54, 1.807) is 0 Å².